The van der Waals surface area contributed by atoms with Gasteiger partial charge in [-0.15, -0.1) is 0 Å². The van der Waals surface area contributed by atoms with Gasteiger partial charge in [-0.1, -0.05) is 60.1 Å². The normalized spacial score (nSPS) is 14.2. The van der Waals surface area contributed by atoms with E-state index in [4.69, 9.17) is 16.3 Å². The Balaban J connectivity index is 1.71. The molecule has 1 fully saturated rings. The Morgan fingerprint density at radius 1 is 0.941 bits per heavy atom. The summed E-state index contributed by atoms with van der Waals surface area (Å²) in [5.41, 5.74) is 0.486. The van der Waals surface area contributed by atoms with Gasteiger partial charge in [0.25, 0.3) is 0 Å². The SMILES string of the molecule is O=C(C1CCNCC1)N(CCOc1ccccc1Cl)C(c1ccccc1F)c1ccccc1F. The van der Waals surface area contributed by atoms with E-state index in [-0.39, 0.29) is 36.1 Å². The first-order valence-electron chi connectivity index (χ1n) is 11.4. The molecule has 1 amide bonds. The average Bonchev–Trinajstić information content (AvgIpc) is 2.86. The molecular formula is C27H27ClF2N2O2. The first kappa shape index (κ1) is 24.2. The number of carbonyl (C=O) groups excluding carboxylic acids is 1. The summed E-state index contributed by atoms with van der Waals surface area (Å²) in [6.07, 6.45) is 1.34. The summed E-state index contributed by atoms with van der Waals surface area (Å²) >= 11 is 6.21. The van der Waals surface area contributed by atoms with Crippen LogP contribution in [0, 0.1) is 17.6 Å². The molecule has 1 heterocycles. The topological polar surface area (TPSA) is 41.6 Å². The van der Waals surface area contributed by atoms with Gasteiger partial charge < -0.3 is 15.0 Å². The Kier molecular flexibility index (Phi) is 8.14. The van der Waals surface area contributed by atoms with Crippen molar-refractivity contribution in [3.05, 3.63) is 101 Å². The highest BCUT2D eigenvalue weighted by Crippen LogP contribution is 2.34. The second-order valence-electron chi connectivity index (χ2n) is 8.28. The average molecular weight is 485 g/mol. The number of ether oxygens (including phenoxy) is 1. The van der Waals surface area contributed by atoms with Crippen molar-refractivity contribution < 1.29 is 18.3 Å². The lowest BCUT2D eigenvalue weighted by Gasteiger charge is -2.36. The molecule has 0 aliphatic carbocycles. The smallest absolute Gasteiger partial charge is 0.226 e. The lowest BCUT2D eigenvalue weighted by molar-refractivity contribution is -0.138. The molecule has 0 spiro atoms. The fraction of sp³-hybridized carbons (Fsp3) is 0.296. The summed E-state index contributed by atoms with van der Waals surface area (Å²) in [5, 5.41) is 3.72. The van der Waals surface area contributed by atoms with Crippen LogP contribution in [0.25, 0.3) is 0 Å². The summed E-state index contributed by atoms with van der Waals surface area (Å²) in [7, 11) is 0. The van der Waals surface area contributed by atoms with Crippen LogP contribution in [0.4, 0.5) is 8.78 Å². The lowest BCUT2D eigenvalue weighted by atomic mass is 9.91. The highest BCUT2D eigenvalue weighted by molar-refractivity contribution is 6.32. The number of piperidine rings is 1. The third-order valence-electron chi connectivity index (χ3n) is 6.11. The molecule has 0 radical (unpaired) electrons. The van der Waals surface area contributed by atoms with E-state index in [1.165, 1.54) is 12.1 Å². The van der Waals surface area contributed by atoms with Gasteiger partial charge in [0.15, 0.2) is 0 Å². The monoisotopic (exact) mass is 484 g/mol. The number of halogens is 3. The number of amides is 1. The maximum absolute atomic E-state index is 15.0. The molecule has 1 aliphatic rings. The molecule has 0 bridgehead atoms. The number of rotatable bonds is 8. The Morgan fingerprint density at radius 2 is 1.50 bits per heavy atom. The van der Waals surface area contributed by atoms with Gasteiger partial charge in [0.2, 0.25) is 5.91 Å². The van der Waals surface area contributed by atoms with Crippen molar-refractivity contribution in [1.82, 2.24) is 10.2 Å². The molecule has 4 nitrogen and oxygen atoms in total. The number of nitrogens with one attached hydrogen (secondary N) is 1. The third-order valence-corrected chi connectivity index (χ3v) is 6.42. The van der Waals surface area contributed by atoms with Crippen molar-refractivity contribution in [3.63, 3.8) is 0 Å². The van der Waals surface area contributed by atoms with E-state index in [1.54, 1.807) is 65.6 Å². The fourth-order valence-electron chi connectivity index (χ4n) is 4.38. The van der Waals surface area contributed by atoms with Gasteiger partial charge in [0.1, 0.15) is 24.0 Å². The Morgan fingerprint density at radius 3 is 2.09 bits per heavy atom. The zero-order valence-corrected chi connectivity index (χ0v) is 19.5. The summed E-state index contributed by atoms with van der Waals surface area (Å²) < 4.78 is 35.9. The first-order chi connectivity index (χ1) is 16.6. The molecule has 0 unspecified atom stereocenters. The molecule has 0 atom stereocenters. The molecule has 1 N–H and O–H groups in total. The van der Waals surface area contributed by atoms with E-state index >= 15 is 8.78 Å². The number of carbonyl (C=O) groups is 1. The number of para-hydroxylation sites is 1. The quantitative estimate of drug-likeness (QED) is 0.451. The van der Waals surface area contributed by atoms with Crippen LogP contribution < -0.4 is 10.1 Å². The molecule has 178 valence electrons. The van der Waals surface area contributed by atoms with Gasteiger partial charge in [-0.3, -0.25) is 4.79 Å². The van der Waals surface area contributed by atoms with Crippen LogP contribution in [0.1, 0.15) is 30.0 Å². The van der Waals surface area contributed by atoms with Gasteiger partial charge >= 0.3 is 0 Å². The number of benzene rings is 3. The van der Waals surface area contributed by atoms with Crippen LogP contribution in [0.3, 0.4) is 0 Å². The van der Waals surface area contributed by atoms with Crippen LogP contribution in [0.5, 0.6) is 5.75 Å². The second-order valence-corrected chi connectivity index (χ2v) is 8.69. The van der Waals surface area contributed by atoms with Gasteiger partial charge in [-0.05, 0) is 50.2 Å². The Bertz CT molecular complexity index is 1080. The van der Waals surface area contributed by atoms with Crippen molar-refractivity contribution in [3.8, 4) is 5.75 Å². The highest BCUT2D eigenvalue weighted by Gasteiger charge is 2.34. The minimum atomic E-state index is -0.931. The van der Waals surface area contributed by atoms with Crippen LogP contribution >= 0.6 is 11.6 Å². The molecule has 1 saturated heterocycles. The molecule has 7 heteroatoms. The van der Waals surface area contributed by atoms with Crippen molar-refractivity contribution in [2.45, 2.75) is 18.9 Å². The van der Waals surface area contributed by atoms with E-state index in [0.717, 1.165) is 13.1 Å². The number of hydrogen-bond acceptors (Lipinski definition) is 3. The van der Waals surface area contributed by atoms with Gasteiger partial charge in [-0.2, -0.15) is 0 Å². The zero-order chi connectivity index (χ0) is 23.9. The van der Waals surface area contributed by atoms with Crippen LogP contribution in [0.2, 0.25) is 5.02 Å². The van der Waals surface area contributed by atoms with Crippen LogP contribution in [0.15, 0.2) is 72.8 Å². The molecule has 0 aromatic heterocycles. The predicted octanol–water partition coefficient (Wildman–Crippen LogP) is 5.61. The van der Waals surface area contributed by atoms with Crippen molar-refractivity contribution in [1.29, 1.82) is 0 Å². The Hall–Kier alpha value is -2.96. The summed E-state index contributed by atoms with van der Waals surface area (Å²) in [6, 6.07) is 18.5. The maximum atomic E-state index is 15.0. The lowest BCUT2D eigenvalue weighted by Crippen LogP contribution is -2.45. The fourth-order valence-corrected chi connectivity index (χ4v) is 4.57. The van der Waals surface area contributed by atoms with Gasteiger partial charge in [0.05, 0.1) is 17.6 Å². The number of hydrogen-bond donors (Lipinski definition) is 1. The van der Waals surface area contributed by atoms with Crippen LogP contribution in [-0.2, 0) is 4.79 Å². The van der Waals surface area contributed by atoms with Crippen molar-refractivity contribution in [2.24, 2.45) is 5.92 Å². The van der Waals surface area contributed by atoms with Crippen molar-refractivity contribution >= 4 is 17.5 Å². The molecule has 3 aromatic carbocycles. The summed E-state index contributed by atoms with van der Waals surface area (Å²) in [5.74, 6) is -0.869. The first-order valence-corrected chi connectivity index (χ1v) is 11.8. The van der Waals surface area contributed by atoms with E-state index in [0.29, 0.717) is 23.6 Å². The molecule has 3 aromatic rings. The minimum Gasteiger partial charge on any atom is -0.490 e. The molecule has 4 rings (SSSR count). The maximum Gasteiger partial charge on any atom is 0.226 e. The molecule has 1 aliphatic heterocycles. The second kappa shape index (κ2) is 11.4. The van der Waals surface area contributed by atoms with E-state index in [1.807, 2.05) is 0 Å². The zero-order valence-electron chi connectivity index (χ0n) is 18.7. The Labute approximate surface area is 203 Å². The minimum absolute atomic E-state index is 0.125. The molecule has 0 saturated carbocycles. The molecule has 34 heavy (non-hydrogen) atoms. The third kappa shape index (κ3) is 5.57. The standard InChI is InChI=1S/C27H27ClF2N2O2/c28-22-9-3-6-12-25(22)34-18-17-32(27(33)19-13-15-31-16-14-19)26(20-7-1-4-10-23(20)29)21-8-2-5-11-24(21)30/h1-12,19,26,31H,13-18H2. The predicted molar refractivity (Wildman–Crippen MR) is 129 cm³/mol. The summed E-state index contributed by atoms with van der Waals surface area (Å²) in [6.45, 7) is 1.72. The summed E-state index contributed by atoms with van der Waals surface area (Å²) in [4.78, 5) is 15.3. The molecular weight excluding hydrogens is 458 g/mol. The van der Waals surface area contributed by atoms with Crippen molar-refractivity contribution in [2.75, 3.05) is 26.2 Å². The van der Waals surface area contributed by atoms with Crippen LogP contribution in [-0.4, -0.2) is 37.0 Å². The van der Waals surface area contributed by atoms with E-state index in [2.05, 4.69) is 5.32 Å². The van der Waals surface area contributed by atoms with E-state index in [9.17, 15) is 4.79 Å². The highest BCUT2D eigenvalue weighted by atomic mass is 35.5. The van der Waals surface area contributed by atoms with E-state index < -0.39 is 17.7 Å². The largest absolute Gasteiger partial charge is 0.490 e. The van der Waals surface area contributed by atoms with Gasteiger partial charge in [0, 0.05) is 17.0 Å². The number of nitrogens with zero attached hydrogens (tertiary/aromatic N) is 1. The van der Waals surface area contributed by atoms with Gasteiger partial charge in [-0.25, -0.2) is 8.78 Å².